The number of esters is 1. The molecule has 196 valence electrons. The van der Waals surface area contributed by atoms with Gasteiger partial charge in [0.1, 0.15) is 11.9 Å². The first kappa shape index (κ1) is 25.5. The number of ether oxygens (including phenoxy) is 1. The highest BCUT2D eigenvalue weighted by Gasteiger charge is 2.26. The predicted octanol–water partition coefficient (Wildman–Crippen LogP) is 3.74. The van der Waals surface area contributed by atoms with E-state index in [1.807, 2.05) is 31.5 Å². The van der Waals surface area contributed by atoms with Gasteiger partial charge in [0, 0.05) is 50.3 Å². The summed E-state index contributed by atoms with van der Waals surface area (Å²) in [5.74, 6) is 1.21. The second-order valence-corrected chi connectivity index (χ2v) is 10.7. The molecule has 0 spiro atoms. The van der Waals surface area contributed by atoms with Crippen molar-refractivity contribution in [3.8, 4) is 10.6 Å². The van der Waals surface area contributed by atoms with Crippen molar-refractivity contribution < 1.29 is 9.53 Å². The SMILES string of the molecule is COC(=O)C1CN(Cc2ccc(Nc3ncc(-c4cc(C)nc(NC5CCCCC5)n4)s3)nc2)CCN1. The van der Waals surface area contributed by atoms with E-state index in [4.69, 9.17) is 9.72 Å². The van der Waals surface area contributed by atoms with E-state index in [2.05, 4.69) is 41.9 Å². The molecule has 4 heterocycles. The molecule has 0 radical (unpaired) electrons. The van der Waals surface area contributed by atoms with Crippen LogP contribution in [0.15, 0.2) is 30.6 Å². The van der Waals surface area contributed by atoms with Crippen LogP contribution < -0.4 is 16.0 Å². The van der Waals surface area contributed by atoms with Gasteiger partial charge < -0.3 is 20.7 Å². The number of thiazole rings is 1. The molecule has 1 atom stereocenters. The minimum Gasteiger partial charge on any atom is -0.468 e. The minimum absolute atomic E-state index is 0.223. The number of anilines is 3. The predicted molar refractivity (Wildman–Crippen MR) is 145 cm³/mol. The van der Waals surface area contributed by atoms with Gasteiger partial charge in [-0.25, -0.2) is 19.9 Å². The van der Waals surface area contributed by atoms with Crippen LogP contribution in [0.1, 0.15) is 43.4 Å². The quantitative estimate of drug-likeness (QED) is 0.378. The van der Waals surface area contributed by atoms with Crippen molar-refractivity contribution in [3.63, 3.8) is 0 Å². The third-order valence-electron chi connectivity index (χ3n) is 6.76. The fourth-order valence-corrected chi connectivity index (χ4v) is 5.64. The van der Waals surface area contributed by atoms with Gasteiger partial charge in [-0.1, -0.05) is 36.7 Å². The summed E-state index contributed by atoms with van der Waals surface area (Å²) < 4.78 is 4.87. The van der Waals surface area contributed by atoms with Gasteiger partial charge >= 0.3 is 5.97 Å². The molecule has 1 aliphatic heterocycles. The molecule has 1 aliphatic carbocycles. The van der Waals surface area contributed by atoms with E-state index in [1.165, 1.54) is 39.2 Å². The second kappa shape index (κ2) is 11.9. The number of methoxy groups -OCH3 is 1. The van der Waals surface area contributed by atoms with Crippen molar-refractivity contribution in [2.75, 3.05) is 37.4 Å². The number of aromatic nitrogens is 4. The number of piperazine rings is 1. The number of nitrogens with one attached hydrogen (secondary N) is 3. The summed E-state index contributed by atoms with van der Waals surface area (Å²) in [7, 11) is 1.42. The molecule has 5 rings (SSSR count). The number of hydrogen-bond acceptors (Lipinski definition) is 11. The number of pyridine rings is 1. The second-order valence-electron chi connectivity index (χ2n) is 9.67. The standard InChI is InChI=1S/C26H34N8O2S/c1-17-12-20(32-25(30-17)31-19-6-4-3-5-7-19)22-14-29-26(37-22)33-23-9-8-18(13-28-23)15-34-11-10-27-21(16-34)24(35)36-2/h8-9,12-14,19,21,27H,3-7,10-11,15-16H2,1-2H3,(H,28,29,33)(H,30,31,32). The van der Waals surface area contributed by atoms with Crippen LogP contribution >= 0.6 is 11.3 Å². The van der Waals surface area contributed by atoms with Crippen LogP contribution in [0, 0.1) is 6.92 Å². The number of rotatable bonds is 8. The number of carbonyl (C=O) groups is 1. The average Bonchev–Trinajstić information content (AvgIpc) is 3.38. The Morgan fingerprint density at radius 2 is 2.05 bits per heavy atom. The van der Waals surface area contributed by atoms with Crippen molar-refractivity contribution in [3.05, 3.63) is 41.9 Å². The molecule has 2 aliphatic rings. The lowest BCUT2D eigenvalue weighted by molar-refractivity contribution is -0.144. The first-order valence-electron chi connectivity index (χ1n) is 12.9. The molecule has 0 amide bonds. The number of carbonyl (C=O) groups excluding carboxylic acids is 1. The Kier molecular flexibility index (Phi) is 8.22. The molecule has 3 aromatic rings. The Balaban J connectivity index is 1.19. The van der Waals surface area contributed by atoms with E-state index >= 15 is 0 Å². The van der Waals surface area contributed by atoms with Gasteiger partial charge in [-0.05, 0) is 37.5 Å². The van der Waals surface area contributed by atoms with Gasteiger partial charge in [0.25, 0.3) is 0 Å². The Labute approximate surface area is 221 Å². The molecule has 0 bridgehead atoms. The highest BCUT2D eigenvalue weighted by atomic mass is 32.1. The maximum absolute atomic E-state index is 11.8. The van der Waals surface area contributed by atoms with E-state index in [9.17, 15) is 4.79 Å². The minimum atomic E-state index is -0.287. The lowest BCUT2D eigenvalue weighted by Crippen LogP contribution is -2.54. The summed E-state index contributed by atoms with van der Waals surface area (Å²) in [6.45, 7) is 4.97. The van der Waals surface area contributed by atoms with Crippen LogP contribution in [0.5, 0.6) is 0 Å². The summed E-state index contributed by atoms with van der Waals surface area (Å²) in [6.07, 6.45) is 9.91. The zero-order valence-corrected chi connectivity index (χ0v) is 22.2. The van der Waals surface area contributed by atoms with Crippen LogP contribution in [-0.2, 0) is 16.1 Å². The molecular weight excluding hydrogens is 488 g/mol. The van der Waals surface area contributed by atoms with Crippen LogP contribution in [0.3, 0.4) is 0 Å². The summed E-state index contributed by atoms with van der Waals surface area (Å²) in [5.41, 5.74) is 2.90. The van der Waals surface area contributed by atoms with E-state index in [0.29, 0.717) is 18.5 Å². The van der Waals surface area contributed by atoms with Crippen LogP contribution in [0.2, 0.25) is 0 Å². The lowest BCUT2D eigenvalue weighted by atomic mass is 9.96. The first-order chi connectivity index (χ1) is 18.1. The summed E-state index contributed by atoms with van der Waals surface area (Å²) in [6, 6.07) is 6.17. The summed E-state index contributed by atoms with van der Waals surface area (Å²) >= 11 is 1.54. The monoisotopic (exact) mass is 522 g/mol. The van der Waals surface area contributed by atoms with Crippen molar-refractivity contribution in [1.82, 2.24) is 30.2 Å². The van der Waals surface area contributed by atoms with E-state index in [-0.39, 0.29) is 12.0 Å². The van der Waals surface area contributed by atoms with Gasteiger partial charge in [-0.15, -0.1) is 0 Å². The van der Waals surface area contributed by atoms with Gasteiger partial charge in [-0.2, -0.15) is 0 Å². The summed E-state index contributed by atoms with van der Waals surface area (Å²) in [4.78, 5) is 33.5. The summed E-state index contributed by atoms with van der Waals surface area (Å²) in [5, 5.41) is 10.8. The van der Waals surface area contributed by atoms with Gasteiger partial charge in [0.15, 0.2) is 5.13 Å². The van der Waals surface area contributed by atoms with E-state index in [1.54, 1.807) is 11.3 Å². The van der Waals surface area contributed by atoms with Gasteiger partial charge in [0.05, 0.1) is 17.7 Å². The smallest absolute Gasteiger partial charge is 0.324 e. The highest BCUT2D eigenvalue weighted by Crippen LogP contribution is 2.30. The molecule has 10 nitrogen and oxygen atoms in total. The Morgan fingerprint density at radius 3 is 2.84 bits per heavy atom. The molecule has 3 aromatic heterocycles. The zero-order valence-electron chi connectivity index (χ0n) is 21.4. The molecule has 0 aromatic carbocycles. The molecule has 37 heavy (non-hydrogen) atoms. The third-order valence-corrected chi connectivity index (χ3v) is 7.70. The largest absolute Gasteiger partial charge is 0.468 e. The van der Waals surface area contributed by atoms with Crippen molar-refractivity contribution in [2.45, 2.75) is 57.7 Å². The van der Waals surface area contributed by atoms with Crippen molar-refractivity contribution in [1.29, 1.82) is 0 Å². The Bertz CT molecular complexity index is 1200. The van der Waals surface area contributed by atoms with Crippen LogP contribution in [-0.4, -0.2) is 69.6 Å². The van der Waals surface area contributed by atoms with Crippen LogP contribution in [0.25, 0.3) is 10.6 Å². The fraction of sp³-hybridized carbons (Fsp3) is 0.500. The molecular formula is C26H34N8O2S. The van der Waals surface area contributed by atoms with E-state index < -0.39 is 0 Å². The average molecular weight is 523 g/mol. The molecule has 1 saturated carbocycles. The van der Waals surface area contributed by atoms with Crippen molar-refractivity contribution >= 4 is 34.2 Å². The fourth-order valence-electron chi connectivity index (χ4n) is 4.85. The lowest BCUT2D eigenvalue weighted by Gasteiger charge is -2.32. The molecule has 1 saturated heterocycles. The highest BCUT2D eigenvalue weighted by molar-refractivity contribution is 7.18. The van der Waals surface area contributed by atoms with Gasteiger partial charge in [0.2, 0.25) is 5.95 Å². The Morgan fingerprint density at radius 1 is 1.19 bits per heavy atom. The van der Waals surface area contributed by atoms with E-state index in [0.717, 1.165) is 52.4 Å². The Hall–Kier alpha value is -3.15. The number of hydrogen-bond donors (Lipinski definition) is 3. The normalized spacial score (nSPS) is 18.9. The zero-order chi connectivity index (χ0) is 25.6. The maximum atomic E-state index is 11.8. The number of aryl methyl sites for hydroxylation is 1. The number of nitrogens with zero attached hydrogens (tertiary/aromatic N) is 5. The maximum Gasteiger partial charge on any atom is 0.324 e. The van der Waals surface area contributed by atoms with Crippen LogP contribution in [0.4, 0.5) is 16.9 Å². The third kappa shape index (κ3) is 6.79. The molecule has 2 fully saturated rings. The topological polar surface area (TPSA) is 117 Å². The molecule has 3 N–H and O–H groups in total. The first-order valence-corrected chi connectivity index (χ1v) is 13.7. The molecule has 11 heteroatoms. The molecule has 1 unspecified atom stereocenters. The van der Waals surface area contributed by atoms with Gasteiger partial charge in [-0.3, -0.25) is 9.69 Å². The van der Waals surface area contributed by atoms with Crippen molar-refractivity contribution in [2.24, 2.45) is 0 Å².